The number of halogens is 1. The fraction of sp³-hybridized carbons (Fsp3) is 0.200. The van der Waals surface area contributed by atoms with Gasteiger partial charge in [-0.3, -0.25) is 0 Å². The first-order chi connectivity index (χ1) is 13.1. The zero-order valence-corrected chi connectivity index (χ0v) is 15.8. The molecule has 0 amide bonds. The van der Waals surface area contributed by atoms with Crippen molar-refractivity contribution in [3.8, 4) is 5.69 Å². The first kappa shape index (κ1) is 17.6. The Labute approximate surface area is 162 Å². The summed E-state index contributed by atoms with van der Waals surface area (Å²) in [5, 5.41) is 19.3. The molecular weight excluding hydrogens is 360 g/mol. The number of nitrogens with zero attached hydrogens (tertiary/aromatic N) is 2. The van der Waals surface area contributed by atoms with Crippen molar-refractivity contribution in [3.05, 3.63) is 63.8 Å². The Kier molecular flexibility index (Phi) is 4.59. The second-order valence-corrected chi connectivity index (χ2v) is 7.06. The summed E-state index contributed by atoms with van der Waals surface area (Å²) in [7, 11) is 0. The Morgan fingerprint density at radius 3 is 2.96 bits per heavy atom. The normalized spacial score (nSPS) is 13.3. The van der Waals surface area contributed by atoms with E-state index in [0.29, 0.717) is 22.0 Å². The summed E-state index contributed by atoms with van der Waals surface area (Å²) >= 11 is 6.39. The minimum absolute atomic E-state index is 0.417. The maximum atomic E-state index is 7.50. The first-order valence-corrected chi connectivity index (χ1v) is 9.19. The van der Waals surface area contributed by atoms with Gasteiger partial charge < -0.3 is 21.8 Å². The molecule has 0 radical (unpaired) electrons. The third kappa shape index (κ3) is 3.29. The number of nitrogens with one attached hydrogen (secondary N) is 3. The molecule has 3 aromatic rings. The van der Waals surface area contributed by atoms with Crippen LogP contribution in [0.3, 0.4) is 0 Å². The quantitative estimate of drug-likeness (QED) is 0.409. The van der Waals surface area contributed by atoms with Crippen LogP contribution in [0.5, 0.6) is 0 Å². The van der Waals surface area contributed by atoms with Crippen molar-refractivity contribution in [3.63, 3.8) is 0 Å². The zero-order chi connectivity index (χ0) is 19.0. The minimum atomic E-state index is 0.417. The maximum Gasteiger partial charge on any atom is 0.155 e. The average Bonchev–Trinajstić information content (AvgIpc) is 3.04. The van der Waals surface area contributed by atoms with Crippen molar-refractivity contribution in [2.75, 3.05) is 17.6 Å². The van der Waals surface area contributed by atoms with Crippen molar-refractivity contribution in [1.29, 1.82) is 5.41 Å². The summed E-state index contributed by atoms with van der Waals surface area (Å²) in [6.45, 7) is 3.93. The smallest absolute Gasteiger partial charge is 0.155 e. The fourth-order valence-corrected chi connectivity index (χ4v) is 3.57. The third-order valence-corrected chi connectivity index (χ3v) is 5.26. The minimum Gasteiger partial charge on any atom is -0.398 e. The highest BCUT2D eigenvalue weighted by atomic mass is 35.5. The standard InChI is InChI=1S/C20H21ClN6/c1-12-11-27(15-3-2-14-10-24-7-6-13(14)8-15)26-20(12)25-18-5-4-17(23)16(9-22)19(18)21/h2-5,8-9,11,22,24H,6-7,10,23H2,1H3,(H,25,26). The number of hydrogen-bond donors (Lipinski definition) is 4. The number of fused-ring (bicyclic) bond motifs is 1. The van der Waals surface area contributed by atoms with Crippen LogP contribution in [-0.4, -0.2) is 22.5 Å². The lowest BCUT2D eigenvalue weighted by Gasteiger charge is -2.17. The van der Waals surface area contributed by atoms with Crippen LogP contribution in [-0.2, 0) is 13.0 Å². The van der Waals surface area contributed by atoms with E-state index in [9.17, 15) is 0 Å². The second kappa shape index (κ2) is 7.06. The van der Waals surface area contributed by atoms with E-state index in [1.807, 2.05) is 17.8 Å². The highest BCUT2D eigenvalue weighted by Gasteiger charge is 2.14. The summed E-state index contributed by atoms with van der Waals surface area (Å²) in [5.41, 5.74) is 12.3. The van der Waals surface area contributed by atoms with Gasteiger partial charge in [0.2, 0.25) is 0 Å². The monoisotopic (exact) mass is 380 g/mol. The molecule has 1 aliphatic heterocycles. The number of anilines is 3. The van der Waals surface area contributed by atoms with E-state index in [2.05, 4.69) is 33.9 Å². The molecule has 0 bridgehead atoms. The van der Waals surface area contributed by atoms with Crippen molar-refractivity contribution >= 4 is 35.0 Å². The molecule has 0 atom stereocenters. The van der Waals surface area contributed by atoms with Gasteiger partial charge in [0.1, 0.15) is 0 Å². The Hall–Kier alpha value is -2.83. The van der Waals surface area contributed by atoms with Gasteiger partial charge in [0.05, 0.1) is 16.4 Å². The second-order valence-electron chi connectivity index (χ2n) is 6.68. The molecule has 0 fully saturated rings. The maximum absolute atomic E-state index is 7.50. The van der Waals surface area contributed by atoms with Gasteiger partial charge in [-0.2, -0.15) is 0 Å². The van der Waals surface area contributed by atoms with Crippen LogP contribution in [0.1, 0.15) is 22.3 Å². The molecule has 0 saturated heterocycles. The summed E-state index contributed by atoms with van der Waals surface area (Å²) in [6.07, 6.45) is 4.19. The molecule has 0 unspecified atom stereocenters. The van der Waals surface area contributed by atoms with E-state index < -0.39 is 0 Å². The van der Waals surface area contributed by atoms with E-state index in [0.717, 1.165) is 42.8 Å². The van der Waals surface area contributed by atoms with Crippen LogP contribution in [0.15, 0.2) is 36.5 Å². The predicted molar refractivity (Wildman–Crippen MR) is 111 cm³/mol. The summed E-state index contributed by atoms with van der Waals surface area (Å²) in [6, 6.07) is 9.99. The van der Waals surface area contributed by atoms with Crippen LogP contribution in [0.25, 0.3) is 5.69 Å². The van der Waals surface area contributed by atoms with Crippen LogP contribution in [0.2, 0.25) is 5.02 Å². The van der Waals surface area contributed by atoms with E-state index in [1.54, 1.807) is 12.1 Å². The molecule has 1 aliphatic rings. The molecule has 0 spiro atoms. The van der Waals surface area contributed by atoms with Crippen molar-refractivity contribution in [2.24, 2.45) is 0 Å². The van der Waals surface area contributed by atoms with Crippen molar-refractivity contribution < 1.29 is 0 Å². The topological polar surface area (TPSA) is 91.8 Å². The summed E-state index contributed by atoms with van der Waals surface area (Å²) < 4.78 is 1.88. The van der Waals surface area contributed by atoms with Gasteiger partial charge in [-0.15, -0.1) is 5.10 Å². The predicted octanol–water partition coefficient (Wildman–Crippen LogP) is 3.80. The third-order valence-electron chi connectivity index (χ3n) is 4.85. The number of benzene rings is 2. The van der Waals surface area contributed by atoms with Gasteiger partial charge in [-0.05, 0) is 55.3 Å². The highest BCUT2D eigenvalue weighted by Crippen LogP contribution is 2.32. The van der Waals surface area contributed by atoms with Crippen LogP contribution < -0.4 is 16.4 Å². The number of nitrogens with two attached hydrogens (primary N) is 1. The van der Waals surface area contributed by atoms with E-state index >= 15 is 0 Å². The number of hydrogen-bond acceptors (Lipinski definition) is 5. The molecule has 7 heteroatoms. The number of rotatable bonds is 4. The molecule has 6 nitrogen and oxygen atoms in total. The summed E-state index contributed by atoms with van der Waals surface area (Å²) in [4.78, 5) is 0. The van der Waals surface area contributed by atoms with E-state index in [4.69, 9.17) is 22.7 Å². The molecule has 5 N–H and O–H groups in total. The van der Waals surface area contributed by atoms with Crippen LogP contribution in [0.4, 0.5) is 17.2 Å². The first-order valence-electron chi connectivity index (χ1n) is 8.81. The highest BCUT2D eigenvalue weighted by molar-refractivity contribution is 6.36. The van der Waals surface area contributed by atoms with Gasteiger partial charge in [0.25, 0.3) is 0 Å². The van der Waals surface area contributed by atoms with E-state index in [-0.39, 0.29) is 0 Å². The Balaban J connectivity index is 1.66. The van der Waals surface area contributed by atoms with Gasteiger partial charge in [0.15, 0.2) is 5.82 Å². The molecule has 2 heterocycles. The SMILES string of the molecule is Cc1cn(-c2ccc3c(c2)CCNC3)nc1Nc1ccc(N)c(C=N)c1Cl. The molecule has 4 rings (SSSR count). The van der Waals surface area contributed by atoms with Gasteiger partial charge in [0, 0.05) is 35.8 Å². The molecule has 1 aromatic heterocycles. The Bertz CT molecular complexity index is 1020. The molecule has 27 heavy (non-hydrogen) atoms. The largest absolute Gasteiger partial charge is 0.398 e. The average molecular weight is 381 g/mol. The lowest BCUT2D eigenvalue weighted by Crippen LogP contribution is -2.23. The van der Waals surface area contributed by atoms with Gasteiger partial charge in [-0.1, -0.05) is 17.7 Å². The lowest BCUT2D eigenvalue weighted by atomic mass is 10.0. The number of aryl methyl sites for hydroxylation is 1. The molecule has 2 aromatic carbocycles. The molecule has 0 aliphatic carbocycles. The van der Waals surface area contributed by atoms with Crippen molar-refractivity contribution in [2.45, 2.75) is 19.9 Å². The molecule has 0 saturated carbocycles. The van der Waals surface area contributed by atoms with Gasteiger partial charge >= 0.3 is 0 Å². The zero-order valence-electron chi connectivity index (χ0n) is 15.0. The summed E-state index contributed by atoms with van der Waals surface area (Å²) in [5.74, 6) is 0.719. The van der Waals surface area contributed by atoms with Crippen LogP contribution >= 0.6 is 11.6 Å². The van der Waals surface area contributed by atoms with Gasteiger partial charge in [-0.25, -0.2) is 4.68 Å². The van der Waals surface area contributed by atoms with E-state index in [1.165, 1.54) is 11.1 Å². The number of nitrogen functional groups attached to an aromatic ring is 1. The molecule has 138 valence electrons. The lowest BCUT2D eigenvalue weighted by molar-refractivity contribution is 0.643. The fourth-order valence-electron chi connectivity index (χ4n) is 3.30. The Morgan fingerprint density at radius 1 is 1.30 bits per heavy atom. The van der Waals surface area contributed by atoms with Crippen LogP contribution in [0, 0.1) is 12.3 Å². The Morgan fingerprint density at radius 2 is 2.15 bits per heavy atom. The van der Waals surface area contributed by atoms with Crippen molar-refractivity contribution in [1.82, 2.24) is 15.1 Å². The number of aromatic nitrogens is 2. The molecular formula is C20H21ClN6.